The largest absolute Gasteiger partial charge is 0.463 e. The third-order valence-electron chi connectivity index (χ3n) is 4.86. The van der Waals surface area contributed by atoms with Gasteiger partial charge in [0.15, 0.2) is 12.2 Å². The number of esters is 5. The van der Waals surface area contributed by atoms with Crippen molar-refractivity contribution in [3.63, 3.8) is 0 Å². The molecule has 0 saturated carbocycles. The number of benzene rings is 1. The van der Waals surface area contributed by atoms with Crippen LogP contribution in [0.1, 0.15) is 40.2 Å². The van der Waals surface area contributed by atoms with E-state index in [1.807, 2.05) is 0 Å². The molecule has 1 aliphatic rings. The fraction of sp³-hybridized carbons (Fsp3) is 0.480. The van der Waals surface area contributed by atoms with Gasteiger partial charge >= 0.3 is 29.8 Å². The van der Waals surface area contributed by atoms with Gasteiger partial charge in [-0.3, -0.25) is 19.2 Å². The zero-order valence-electron chi connectivity index (χ0n) is 21.5. The van der Waals surface area contributed by atoms with Crippen LogP contribution in [0.2, 0.25) is 5.02 Å². The van der Waals surface area contributed by atoms with E-state index in [2.05, 4.69) is 0 Å². The average Bonchev–Trinajstić information content (AvgIpc) is 2.81. The molecule has 208 valence electrons. The van der Waals surface area contributed by atoms with Crippen LogP contribution in [0, 0.1) is 0 Å². The molecule has 1 fully saturated rings. The highest BCUT2D eigenvalue weighted by Crippen LogP contribution is 2.32. The van der Waals surface area contributed by atoms with Crippen molar-refractivity contribution < 1.29 is 57.1 Å². The smallest absolute Gasteiger partial charge is 0.373 e. The van der Waals surface area contributed by atoms with Crippen molar-refractivity contribution in [3.8, 4) is 0 Å². The van der Waals surface area contributed by atoms with Crippen LogP contribution in [0.25, 0.3) is 6.08 Å². The van der Waals surface area contributed by atoms with Crippen molar-refractivity contribution in [3.05, 3.63) is 40.6 Å². The Labute approximate surface area is 224 Å². The minimum Gasteiger partial charge on any atom is -0.463 e. The summed E-state index contributed by atoms with van der Waals surface area (Å²) in [6.07, 6.45) is -5.96. The number of carbonyl (C=O) groups is 5. The van der Waals surface area contributed by atoms with Gasteiger partial charge in [-0.15, -0.1) is 0 Å². The first-order valence-electron chi connectivity index (χ1n) is 11.5. The highest BCUT2D eigenvalue weighted by molar-refractivity contribution is 6.32. The molecular weight excluding hydrogens is 528 g/mol. The summed E-state index contributed by atoms with van der Waals surface area (Å²) in [4.78, 5) is 60.1. The van der Waals surface area contributed by atoms with Crippen molar-refractivity contribution >= 4 is 47.5 Å². The van der Waals surface area contributed by atoms with Gasteiger partial charge in [0.25, 0.3) is 0 Å². The molecule has 5 atom stereocenters. The maximum absolute atomic E-state index is 12.8. The predicted molar refractivity (Wildman–Crippen MR) is 129 cm³/mol. The Morgan fingerprint density at radius 3 is 1.95 bits per heavy atom. The summed E-state index contributed by atoms with van der Waals surface area (Å²) in [5, 5.41) is 0.291. The molecule has 12 nitrogen and oxygen atoms in total. The van der Waals surface area contributed by atoms with Crippen molar-refractivity contribution in [2.45, 2.75) is 65.3 Å². The van der Waals surface area contributed by atoms with Gasteiger partial charge < -0.3 is 33.2 Å². The minimum atomic E-state index is -1.62. The molecule has 13 heteroatoms. The Morgan fingerprint density at radius 2 is 1.39 bits per heavy atom. The lowest BCUT2D eigenvalue weighted by molar-refractivity contribution is -0.299. The van der Waals surface area contributed by atoms with E-state index in [1.54, 1.807) is 31.2 Å². The quantitative estimate of drug-likeness (QED) is 0.180. The number of halogens is 1. The highest BCUT2D eigenvalue weighted by atomic mass is 35.5. The molecule has 0 spiro atoms. The van der Waals surface area contributed by atoms with Crippen LogP contribution in [0.4, 0.5) is 0 Å². The van der Waals surface area contributed by atoms with E-state index in [-0.39, 0.29) is 12.4 Å². The Hall–Kier alpha value is -3.64. The number of rotatable bonds is 10. The van der Waals surface area contributed by atoms with Gasteiger partial charge in [0, 0.05) is 32.7 Å². The number of hydrogen-bond donors (Lipinski definition) is 0. The van der Waals surface area contributed by atoms with Crippen LogP contribution in [-0.2, 0) is 57.1 Å². The number of hydrogen-bond acceptors (Lipinski definition) is 12. The summed E-state index contributed by atoms with van der Waals surface area (Å²) in [6, 6.07) is 6.56. The van der Waals surface area contributed by atoms with E-state index in [4.69, 9.17) is 44.8 Å². The zero-order valence-corrected chi connectivity index (χ0v) is 22.2. The first kappa shape index (κ1) is 30.6. The molecule has 2 rings (SSSR count). The van der Waals surface area contributed by atoms with Crippen LogP contribution < -0.4 is 0 Å². The average molecular weight is 557 g/mol. The number of carbonyl (C=O) groups excluding carboxylic acids is 5. The molecule has 1 heterocycles. The molecule has 0 aromatic heterocycles. The molecule has 1 aliphatic heterocycles. The summed E-state index contributed by atoms with van der Waals surface area (Å²) in [7, 11) is 0. The normalized spacial score (nSPS) is 23.0. The summed E-state index contributed by atoms with van der Waals surface area (Å²) in [5.74, 6) is -4.38. The molecule has 1 aromatic rings. The molecule has 1 aromatic carbocycles. The van der Waals surface area contributed by atoms with Gasteiger partial charge in [-0.05, 0) is 24.6 Å². The Morgan fingerprint density at radius 1 is 0.816 bits per heavy atom. The second-order valence-electron chi connectivity index (χ2n) is 7.94. The summed E-state index contributed by atoms with van der Waals surface area (Å²) >= 11 is 6.23. The van der Waals surface area contributed by atoms with E-state index in [1.165, 1.54) is 6.08 Å². The molecule has 1 saturated heterocycles. The third kappa shape index (κ3) is 9.03. The van der Waals surface area contributed by atoms with E-state index in [0.29, 0.717) is 10.6 Å². The third-order valence-corrected chi connectivity index (χ3v) is 5.20. The van der Waals surface area contributed by atoms with Gasteiger partial charge in [0.1, 0.15) is 12.7 Å². The molecule has 38 heavy (non-hydrogen) atoms. The Kier molecular flexibility index (Phi) is 11.5. The van der Waals surface area contributed by atoms with E-state index in [0.717, 1.165) is 27.7 Å². The maximum atomic E-state index is 12.8. The summed E-state index contributed by atoms with van der Waals surface area (Å²) in [5.41, 5.74) is 0.392. The van der Waals surface area contributed by atoms with Crippen LogP contribution in [0.5, 0.6) is 0 Å². The van der Waals surface area contributed by atoms with Crippen LogP contribution in [-0.4, -0.2) is 73.8 Å². The van der Waals surface area contributed by atoms with Crippen molar-refractivity contribution in [2.75, 3.05) is 13.2 Å². The van der Waals surface area contributed by atoms with Gasteiger partial charge in [0.2, 0.25) is 18.2 Å². The fourth-order valence-corrected chi connectivity index (χ4v) is 3.68. The van der Waals surface area contributed by atoms with Crippen molar-refractivity contribution in [1.29, 1.82) is 0 Å². The lowest BCUT2D eigenvalue weighted by Crippen LogP contribution is -2.63. The molecular formula is C25H29ClO12. The second kappa shape index (κ2) is 14.3. The van der Waals surface area contributed by atoms with E-state index >= 15 is 0 Å². The topological polar surface area (TPSA) is 150 Å². The fourth-order valence-electron chi connectivity index (χ4n) is 3.49. The second-order valence-corrected chi connectivity index (χ2v) is 8.34. The van der Waals surface area contributed by atoms with Gasteiger partial charge in [-0.25, -0.2) is 4.79 Å². The summed E-state index contributed by atoms with van der Waals surface area (Å²) < 4.78 is 37.8. The lowest BCUT2D eigenvalue weighted by Gasteiger charge is -2.43. The lowest BCUT2D eigenvalue weighted by atomic mass is 9.98. The SMILES string of the molecule is CCOC(=O)/C(=C/c1ccccc1Cl)O[C@H]1O[C@@H](COC(C)=O)[C@@H](OC(C)=O)[C@@H](OC(C)=O)[C@@H]1OC(C)=O. The van der Waals surface area contributed by atoms with Crippen LogP contribution in [0.3, 0.4) is 0 Å². The standard InChI is InChI=1S/C25H29ClO12/c1-6-32-24(31)19(11-17-9-7-8-10-18(17)26)37-25-23(36-16(5)30)22(35-15(4)29)21(34-14(3)28)20(38-25)12-33-13(2)27/h7-11,20-23,25H,6,12H2,1-5H3/b19-11-/t20-,21+,22+,23-,25-/m0/s1. The maximum Gasteiger partial charge on any atom is 0.373 e. The Bertz CT molecular complexity index is 1070. The first-order valence-corrected chi connectivity index (χ1v) is 11.9. The minimum absolute atomic E-state index is 0.000623. The zero-order chi connectivity index (χ0) is 28.4. The van der Waals surface area contributed by atoms with Crippen LogP contribution >= 0.6 is 11.6 Å². The molecule has 0 aliphatic carbocycles. The van der Waals surface area contributed by atoms with E-state index in [9.17, 15) is 24.0 Å². The highest BCUT2D eigenvalue weighted by Gasteiger charge is 2.53. The van der Waals surface area contributed by atoms with Gasteiger partial charge in [-0.1, -0.05) is 29.8 Å². The molecule has 0 amide bonds. The van der Waals surface area contributed by atoms with Gasteiger partial charge in [-0.2, -0.15) is 0 Å². The summed E-state index contributed by atoms with van der Waals surface area (Å²) in [6.45, 7) is 5.54. The van der Waals surface area contributed by atoms with E-state index < -0.39 is 67.2 Å². The molecule has 0 unspecified atom stereocenters. The van der Waals surface area contributed by atoms with Gasteiger partial charge in [0.05, 0.1) is 6.61 Å². The Balaban J connectivity index is 2.59. The molecule has 0 radical (unpaired) electrons. The van der Waals surface area contributed by atoms with Crippen molar-refractivity contribution in [2.24, 2.45) is 0 Å². The molecule has 0 N–H and O–H groups in total. The van der Waals surface area contributed by atoms with Crippen molar-refractivity contribution in [1.82, 2.24) is 0 Å². The van der Waals surface area contributed by atoms with Crippen LogP contribution in [0.15, 0.2) is 30.0 Å². The first-order chi connectivity index (χ1) is 17.9. The number of ether oxygens (including phenoxy) is 7. The molecule has 0 bridgehead atoms. The monoisotopic (exact) mass is 556 g/mol. The predicted octanol–water partition coefficient (Wildman–Crippen LogP) is 2.34.